The Balaban J connectivity index is 1.70. The minimum Gasteiger partial charge on any atom is -0.353 e. The second-order valence-electron chi connectivity index (χ2n) is 8.00. The lowest BCUT2D eigenvalue weighted by atomic mass is 9.49. The summed E-state index contributed by atoms with van der Waals surface area (Å²) in [5, 5.41) is 3.35. The first-order valence-electron chi connectivity index (χ1n) is 8.39. The van der Waals surface area contributed by atoms with Crippen LogP contribution in [0, 0.1) is 29.1 Å². The molecule has 4 bridgehead atoms. The summed E-state index contributed by atoms with van der Waals surface area (Å²) in [5.41, 5.74) is -0.0196. The van der Waals surface area contributed by atoms with E-state index in [0.717, 1.165) is 43.4 Å². The Morgan fingerprint density at radius 3 is 2.05 bits per heavy atom. The van der Waals surface area contributed by atoms with Gasteiger partial charge in [-0.25, -0.2) is 0 Å². The van der Waals surface area contributed by atoms with Gasteiger partial charge in [-0.1, -0.05) is 13.8 Å². The zero-order valence-corrected chi connectivity index (χ0v) is 13.6. The molecule has 4 aliphatic rings. The molecule has 20 heavy (non-hydrogen) atoms. The molecule has 0 saturated heterocycles. The summed E-state index contributed by atoms with van der Waals surface area (Å²) >= 11 is 5.89. The molecule has 114 valence electrons. The zero-order chi connectivity index (χ0) is 14.3. The van der Waals surface area contributed by atoms with E-state index in [1.54, 1.807) is 0 Å². The minimum absolute atomic E-state index is 0.0196. The molecule has 1 N–H and O–H groups in total. The van der Waals surface area contributed by atoms with E-state index in [4.69, 9.17) is 11.6 Å². The highest BCUT2D eigenvalue weighted by Gasteiger charge is 2.54. The van der Waals surface area contributed by atoms with Crippen molar-refractivity contribution in [3.05, 3.63) is 0 Å². The molecule has 0 aromatic heterocycles. The van der Waals surface area contributed by atoms with Crippen LogP contribution >= 0.6 is 11.6 Å². The maximum absolute atomic E-state index is 12.9. The molecule has 1 atom stereocenters. The Labute approximate surface area is 128 Å². The molecule has 0 radical (unpaired) electrons. The fraction of sp³-hybridized carbons (Fsp3) is 0.941. The summed E-state index contributed by atoms with van der Waals surface area (Å²) in [4.78, 5) is 12.9. The highest BCUT2D eigenvalue weighted by Crippen LogP contribution is 2.60. The molecule has 1 amide bonds. The minimum atomic E-state index is -0.0196. The lowest BCUT2D eigenvalue weighted by Gasteiger charge is -2.56. The molecule has 0 aromatic rings. The van der Waals surface area contributed by atoms with Crippen LogP contribution in [0.4, 0.5) is 0 Å². The fourth-order valence-corrected chi connectivity index (χ4v) is 5.64. The van der Waals surface area contributed by atoms with Gasteiger partial charge in [-0.2, -0.15) is 0 Å². The number of hydrogen-bond donors (Lipinski definition) is 1. The van der Waals surface area contributed by atoms with Crippen LogP contribution in [0.2, 0.25) is 0 Å². The molecule has 0 aromatic carbocycles. The highest BCUT2D eigenvalue weighted by atomic mass is 35.5. The summed E-state index contributed by atoms with van der Waals surface area (Å²) in [6, 6.07) is 0.244. The van der Waals surface area contributed by atoms with Crippen molar-refractivity contribution in [3.63, 3.8) is 0 Å². The predicted molar refractivity (Wildman–Crippen MR) is 82.7 cm³/mol. The Hall–Kier alpha value is -0.240. The third-order valence-electron chi connectivity index (χ3n) is 6.06. The number of hydrogen-bond acceptors (Lipinski definition) is 1. The quantitative estimate of drug-likeness (QED) is 0.764. The van der Waals surface area contributed by atoms with Crippen LogP contribution in [0.25, 0.3) is 0 Å². The highest BCUT2D eigenvalue weighted by molar-refractivity contribution is 6.17. The first-order chi connectivity index (χ1) is 9.52. The molecule has 4 saturated carbocycles. The molecule has 0 heterocycles. The fourth-order valence-electron chi connectivity index (χ4n) is 5.40. The molecule has 1 unspecified atom stereocenters. The Morgan fingerprint density at radius 2 is 1.65 bits per heavy atom. The number of nitrogens with one attached hydrogen (secondary N) is 1. The van der Waals surface area contributed by atoms with Gasteiger partial charge < -0.3 is 5.32 Å². The van der Waals surface area contributed by atoms with Crippen LogP contribution in [0.15, 0.2) is 0 Å². The largest absolute Gasteiger partial charge is 0.353 e. The summed E-state index contributed by atoms with van der Waals surface area (Å²) in [6.07, 6.45) is 8.51. The van der Waals surface area contributed by atoms with Gasteiger partial charge in [0.2, 0.25) is 5.91 Å². The number of alkyl halides is 1. The molecule has 4 fully saturated rings. The van der Waals surface area contributed by atoms with Crippen molar-refractivity contribution in [1.29, 1.82) is 0 Å². The summed E-state index contributed by atoms with van der Waals surface area (Å²) in [5.74, 6) is 3.93. The van der Waals surface area contributed by atoms with E-state index in [-0.39, 0.29) is 11.5 Å². The monoisotopic (exact) mass is 297 g/mol. The maximum Gasteiger partial charge on any atom is 0.226 e. The lowest BCUT2D eigenvalue weighted by molar-refractivity contribution is -0.147. The van der Waals surface area contributed by atoms with Crippen molar-refractivity contribution >= 4 is 17.5 Å². The number of carbonyl (C=O) groups excluding carboxylic acids is 1. The van der Waals surface area contributed by atoms with E-state index in [2.05, 4.69) is 19.2 Å². The van der Waals surface area contributed by atoms with E-state index < -0.39 is 0 Å². The third-order valence-corrected chi connectivity index (χ3v) is 6.28. The topological polar surface area (TPSA) is 29.1 Å². The summed E-state index contributed by atoms with van der Waals surface area (Å²) in [6.45, 7) is 4.36. The van der Waals surface area contributed by atoms with Crippen LogP contribution in [0.5, 0.6) is 0 Å². The molecule has 2 nitrogen and oxygen atoms in total. The van der Waals surface area contributed by atoms with Gasteiger partial charge in [0, 0.05) is 17.3 Å². The summed E-state index contributed by atoms with van der Waals surface area (Å²) in [7, 11) is 0. The van der Waals surface area contributed by atoms with Crippen molar-refractivity contribution in [3.8, 4) is 0 Å². The Kier molecular flexibility index (Phi) is 4.05. The standard InChI is InChI=1S/C17H28ClNO/c1-11(2)15(3-4-18)19-16(20)17-8-12-5-13(9-17)7-14(6-12)10-17/h11-15H,3-10H2,1-2H3,(H,19,20). The third kappa shape index (κ3) is 2.61. The van der Waals surface area contributed by atoms with Crippen molar-refractivity contribution in [2.45, 2.75) is 64.8 Å². The zero-order valence-electron chi connectivity index (χ0n) is 12.8. The molecule has 3 heteroatoms. The number of halogens is 1. The van der Waals surface area contributed by atoms with Gasteiger partial charge in [0.25, 0.3) is 0 Å². The first kappa shape index (κ1) is 14.7. The molecule has 0 aliphatic heterocycles. The molecule has 0 spiro atoms. The maximum atomic E-state index is 12.9. The van der Waals surface area contributed by atoms with Gasteiger partial charge in [0.1, 0.15) is 0 Å². The molecule has 4 rings (SSSR count). The predicted octanol–water partition coefficient (Wildman–Crippen LogP) is 3.97. The van der Waals surface area contributed by atoms with Crippen molar-refractivity contribution in [1.82, 2.24) is 5.32 Å². The molecular formula is C17H28ClNO. The number of carbonyl (C=O) groups is 1. The number of rotatable bonds is 5. The van der Waals surface area contributed by atoms with Crippen LogP contribution in [-0.2, 0) is 4.79 Å². The van der Waals surface area contributed by atoms with E-state index >= 15 is 0 Å². The van der Waals surface area contributed by atoms with E-state index in [9.17, 15) is 4.79 Å². The second kappa shape index (κ2) is 5.51. The average molecular weight is 298 g/mol. The second-order valence-corrected chi connectivity index (χ2v) is 8.38. The molecular weight excluding hydrogens is 270 g/mol. The van der Waals surface area contributed by atoms with Crippen molar-refractivity contribution in [2.24, 2.45) is 29.1 Å². The van der Waals surface area contributed by atoms with Crippen LogP contribution in [-0.4, -0.2) is 17.8 Å². The van der Waals surface area contributed by atoms with E-state index in [1.807, 2.05) is 0 Å². The van der Waals surface area contributed by atoms with Crippen LogP contribution < -0.4 is 5.32 Å². The van der Waals surface area contributed by atoms with Crippen LogP contribution in [0.3, 0.4) is 0 Å². The van der Waals surface area contributed by atoms with Crippen molar-refractivity contribution < 1.29 is 4.79 Å². The Morgan fingerprint density at radius 1 is 1.15 bits per heavy atom. The first-order valence-corrected chi connectivity index (χ1v) is 8.93. The van der Waals surface area contributed by atoms with Crippen LogP contribution in [0.1, 0.15) is 58.8 Å². The van der Waals surface area contributed by atoms with E-state index in [0.29, 0.717) is 17.7 Å². The van der Waals surface area contributed by atoms with Gasteiger partial charge in [0.05, 0.1) is 0 Å². The smallest absolute Gasteiger partial charge is 0.226 e. The molecule has 4 aliphatic carbocycles. The van der Waals surface area contributed by atoms with Gasteiger partial charge >= 0.3 is 0 Å². The average Bonchev–Trinajstić information content (AvgIpc) is 2.36. The summed E-state index contributed by atoms with van der Waals surface area (Å²) < 4.78 is 0. The van der Waals surface area contributed by atoms with Gasteiger partial charge in [-0.3, -0.25) is 4.79 Å². The SMILES string of the molecule is CC(C)C(CCCl)NC(=O)C12CC3CC(CC(C3)C1)C2. The Bertz CT molecular complexity index is 344. The van der Waals surface area contributed by atoms with Gasteiger partial charge in [-0.05, 0) is 68.6 Å². The van der Waals surface area contributed by atoms with E-state index in [1.165, 1.54) is 19.3 Å². The normalized spacial score (nSPS) is 40.1. The van der Waals surface area contributed by atoms with Gasteiger partial charge in [-0.15, -0.1) is 11.6 Å². The van der Waals surface area contributed by atoms with Gasteiger partial charge in [0.15, 0.2) is 0 Å². The lowest BCUT2D eigenvalue weighted by Crippen LogP contribution is -2.55. The number of amides is 1. The van der Waals surface area contributed by atoms with Crippen molar-refractivity contribution in [2.75, 3.05) is 5.88 Å².